The van der Waals surface area contributed by atoms with E-state index < -0.39 is 0 Å². The number of pyridine rings is 1. The van der Waals surface area contributed by atoms with Crippen LogP contribution in [-0.2, 0) is 16.1 Å². The smallest absolute Gasteiger partial charge is 0.306 e. The second kappa shape index (κ2) is 17.2. The molecular weight excluding hydrogens is 334 g/mol. The van der Waals surface area contributed by atoms with E-state index in [2.05, 4.69) is 35.6 Å². The second-order valence-electron chi connectivity index (χ2n) is 6.60. The fourth-order valence-corrected chi connectivity index (χ4v) is 2.51. The summed E-state index contributed by atoms with van der Waals surface area (Å²) in [5, 5.41) is 0. The summed E-state index contributed by atoms with van der Waals surface area (Å²) in [5.41, 5.74) is 0.906. The number of unbranched alkanes of at least 4 members (excludes halogenated alkanes) is 8. The van der Waals surface area contributed by atoms with Crippen molar-refractivity contribution in [1.29, 1.82) is 0 Å². The van der Waals surface area contributed by atoms with Crippen LogP contribution in [0, 0.1) is 23.7 Å². The molecule has 0 aliphatic heterocycles. The average Bonchev–Trinajstić information content (AvgIpc) is 2.70. The fraction of sp³-hybridized carbons (Fsp3) is 0.583. The predicted octanol–water partition coefficient (Wildman–Crippen LogP) is 5.83. The summed E-state index contributed by atoms with van der Waals surface area (Å²) in [5.74, 6) is 12.5. The Kier molecular flexibility index (Phi) is 14.5. The van der Waals surface area contributed by atoms with Crippen molar-refractivity contribution < 1.29 is 9.53 Å². The zero-order valence-electron chi connectivity index (χ0n) is 16.8. The maximum atomic E-state index is 11.6. The Balaban J connectivity index is 1.92. The maximum absolute atomic E-state index is 11.6. The molecule has 0 unspecified atom stereocenters. The lowest BCUT2D eigenvalue weighted by Gasteiger charge is -2.03. The van der Waals surface area contributed by atoms with Gasteiger partial charge in [-0.3, -0.25) is 9.78 Å². The molecule has 27 heavy (non-hydrogen) atoms. The van der Waals surface area contributed by atoms with Crippen molar-refractivity contribution in [3.05, 3.63) is 30.1 Å². The van der Waals surface area contributed by atoms with E-state index in [0.29, 0.717) is 6.42 Å². The summed E-state index contributed by atoms with van der Waals surface area (Å²) in [6, 6.07) is 3.72. The van der Waals surface area contributed by atoms with E-state index in [1.807, 2.05) is 12.1 Å². The second-order valence-corrected chi connectivity index (χ2v) is 6.60. The zero-order valence-corrected chi connectivity index (χ0v) is 16.8. The van der Waals surface area contributed by atoms with Gasteiger partial charge in [0.15, 0.2) is 0 Å². The molecule has 1 aromatic rings. The van der Waals surface area contributed by atoms with Crippen molar-refractivity contribution in [3.63, 3.8) is 0 Å². The largest absolute Gasteiger partial charge is 0.461 e. The molecule has 0 aliphatic rings. The van der Waals surface area contributed by atoms with Crippen LogP contribution in [-0.4, -0.2) is 11.0 Å². The number of carbonyl (C=O) groups excluding carboxylic acids is 1. The Morgan fingerprint density at radius 3 is 2.30 bits per heavy atom. The molecule has 0 aromatic carbocycles. The van der Waals surface area contributed by atoms with E-state index in [4.69, 9.17) is 4.74 Å². The third kappa shape index (κ3) is 14.6. The lowest BCUT2D eigenvalue weighted by Crippen LogP contribution is -2.04. The van der Waals surface area contributed by atoms with Crippen LogP contribution in [0.5, 0.6) is 0 Å². The highest BCUT2D eigenvalue weighted by Gasteiger charge is 2.02. The summed E-state index contributed by atoms with van der Waals surface area (Å²) in [4.78, 5) is 15.6. The van der Waals surface area contributed by atoms with E-state index in [-0.39, 0.29) is 12.6 Å². The van der Waals surface area contributed by atoms with E-state index in [0.717, 1.165) is 37.7 Å². The summed E-state index contributed by atoms with van der Waals surface area (Å²) in [6.45, 7) is 2.53. The monoisotopic (exact) mass is 367 g/mol. The highest BCUT2D eigenvalue weighted by atomic mass is 16.5. The number of hydrogen-bond acceptors (Lipinski definition) is 3. The van der Waals surface area contributed by atoms with Gasteiger partial charge >= 0.3 is 5.97 Å². The Hall–Kier alpha value is -2.26. The molecular formula is C24H33NO2. The molecule has 0 bridgehead atoms. The summed E-state index contributed by atoms with van der Waals surface area (Å²) in [6.07, 6.45) is 15.8. The van der Waals surface area contributed by atoms with Crippen molar-refractivity contribution in [2.45, 2.75) is 90.6 Å². The molecule has 146 valence electrons. The molecule has 1 heterocycles. The van der Waals surface area contributed by atoms with Crippen molar-refractivity contribution in [2.75, 3.05) is 0 Å². The number of esters is 1. The molecule has 0 aliphatic carbocycles. The number of ether oxygens (including phenoxy) is 1. The van der Waals surface area contributed by atoms with E-state index >= 15 is 0 Å². The van der Waals surface area contributed by atoms with Crippen molar-refractivity contribution >= 4 is 5.97 Å². The first kappa shape index (κ1) is 22.8. The van der Waals surface area contributed by atoms with Gasteiger partial charge in [0, 0.05) is 50.1 Å². The zero-order chi connectivity index (χ0) is 19.4. The van der Waals surface area contributed by atoms with Crippen LogP contribution in [0.25, 0.3) is 0 Å². The fourth-order valence-electron chi connectivity index (χ4n) is 2.51. The van der Waals surface area contributed by atoms with Crippen LogP contribution < -0.4 is 0 Å². The Morgan fingerprint density at radius 2 is 1.59 bits per heavy atom. The molecule has 0 radical (unpaired) electrons. The average molecular weight is 368 g/mol. The van der Waals surface area contributed by atoms with Crippen molar-refractivity contribution in [2.24, 2.45) is 0 Å². The number of rotatable bonds is 12. The summed E-state index contributed by atoms with van der Waals surface area (Å²) < 4.78 is 5.20. The van der Waals surface area contributed by atoms with E-state index in [9.17, 15) is 4.79 Å². The quantitative estimate of drug-likeness (QED) is 0.265. The number of carbonyl (C=O) groups is 1. The minimum Gasteiger partial charge on any atom is -0.461 e. The van der Waals surface area contributed by atoms with Gasteiger partial charge in [0.05, 0.1) is 0 Å². The lowest BCUT2D eigenvalue weighted by atomic mass is 10.1. The number of nitrogens with zero attached hydrogens (tertiary/aromatic N) is 1. The molecule has 3 heteroatoms. The van der Waals surface area contributed by atoms with Gasteiger partial charge in [0.25, 0.3) is 0 Å². The van der Waals surface area contributed by atoms with Crippen LogP contribution in [0.2, 0.25) is 0 Å². The van der Waals surface area contributed by atoms with E-state index in [1.165, 1.54) is 38.5 Å². The van der Waals surface area contributed by atoms with Crippen LogP contribution in [0.1, 0.15) is 89.5 Å². The molecule has 0 fully saturated rings. The van der Waals surface area contributed by atoms with Crippen LogP contribution >= 0.6 is 0 Å². The van der Waals surface area contributed by atoms with Crippen LogP contribution in [0.15, 0.2) is 24.5 Å². The van der Waals surface area contributed by atoms with Gasteiger partial charge in [-0.15, -0.1) is 23.7 Å². The van der Waals surface area contributed by atoms with Gasteiger partial charge in [0.2, 0.25) is 0 Å². The standard InChI is InChI=1S/C24H33NO2/c1-2-3-4-5-6-7-8-9-10-11-12-13-14-15-16-19-24(26)27-22-23-18-17-20-25-21-23/h17-18,20-21H,2-8,11-12,15-16,19,22H2,1H3. The minimum atomic E-state index is -0.179. The Labute approximate surface area is 165 Å². The highest BCUT2D eigenvalue weighted by molar-refractivity contribution is 5.69. The van der Waals surface area contributed by atoms with Gasteiger partial charge in [0.1, 0.15) is 6.61 Å². The molecule has 0 spiro atoms. The first-order valence-electron chi connectivity index (χ1n) is 10.3. The van der Waals surface area contributed by atoms with Gasteiger partial charge in [-0.25, -0.2) is 0 Å². The van der Waals surface area contributed by atoms with Crippen LogP contribution in [0.3, 0.4) is 0 Å². The minimum absolute atomic E-state index is 0.179. The van der Waals surface area contributed by atoms with Crippen LogP contribution in [0.4, 0.5) is 0 Å². The highest BCUT2D eigenvalue weighted by Crippen LogP contribution is 2.06. The van der Waals surface area contributed by atoms with Gasteiger partial charge in [-0.1, -0.05) is 45.1 Å². The maximum Gasteiger partial charge on any atom is 0.306 e. The molecule has 0 amide bonds. The lowest BCUT2D eigenvalue weighted by molar-refractivity contribution is -0.145. The Bertz CT molecular complexity index is 617. The van der Waals surface area contributed by atoms with Crippen molar-refractivity contribution in [1.82, 2.24) is 4.98 Å². The predicted molar refractivity (Wildman–Crippen MR) is 111 cm³/mol. The van der Waals surface area contributed by atoms with Gasteiger partial charge < -0.3 is 4.74 Å². The SMILES string of the molecule is CCCCCCCCC#CCCC#CCCCC(=O)OCc1cccnc1. The number of aromatic nitrogens is 1. The molecule has 3 nitrogen and oxygen atoms in total. The molecule has 0 atom stereocenters. The number of hydrogen-bond donors (Lipinski definition) is 0. The summed E-state index contributed by atoms with van der Waals surface area (Å²) in [7, 11) is 0. The van der Waals surface area contributed by atoms with Gasteiger partial charge in [-0.05, 0) is 18.9 Å². The van der Waals surface area contributed by atoms with Gasteiger partial charge in [-0.2, -0.15) is 0 Å². The normalized spacial score (nSPS) is 9.67. The Morgan fingerprint density at radius 1 is 0.926 bits per heavy atom. The third-order valence-corrected chi connectivity index (χ3v) is 4.09. The van der Waals surface area contributed by atoms with E-state index in [1.54, 1.807) is 12.4 Å². The molecule has 0 saturated heterocycles. The third-order valence-electron chi connectivity index (χ3n) is 4.09. The first-order valence-corrected chi connectivity index (χ1v) is 10.3. The molecule has 1 aromatic heterocycles. The molecule has 1 rings (SSSR count). The van der Waals surface area contributed by atoms with Crippen molar-refractivity contribution in [3.8, 4) is 23.7 Å². The molecule has 0 N–H and O–H groups in total. The summed E-state index contributed by atoms with van der Waals surface area (Å²) >= 11 is 0. The topological polar surface area (TPSA) is 39.2 Å². The first-order chi connectivity index (χ1) is 13.3. The molecule has 0 saturated carbocycles.